The lowest BCUT2D eigenvalue weighted by Gasteiger charge is -2.27. The Morgan fingerprint density at radius 2 is 2.00 bits per heavy atom. The molecule has 0 spiro atoms. The molecule has 1 unspecified atom stereocenters. The van der Waals surface area contributed by atoms with E-state index in [0.29, 0.717) is 17.9 Å². The molecule has 0 aromatic heterocycles. The third-order valence-electron chi connectivity index (χ3n) is 3.72. The molecule has 0 bridgehead atoms. The Balaban J connectivity index is 1.91. The summed E-state index contributed by atoms with van der Waals surface area (Å²) in [7, 11) is 3.79. The Morgan fingerprint density at radius 1 is 1.22 bits per heavy atom. The average Bonchev–Trinajstić information content (AvgIpc) is 2.53. The molecular formula is C18H18FNO3. The van der Waals surface area contributed by atoms with Crippen molar-refractivity contribution in [3.8, 4) is 16.9 Å². The van der Waals surface area contributed by atoms with Gasteiger partial charge in [-0.25, -0.2) is 9.18 Å². The Kier molecular flexibility index (Phi) is 4.30. The number of rotatable bonds is 4. The van der Waals surface area contributed by atoms with E-state index in [-0.39, 0.29) is 6.61 Å². The van der Waals surface area contributed by atoms with Gasteiger partial charge in [0, 0.05) is 17.7 Å². The quantitative estimate of drug-likeness (QED) is 0.813. The molecule has 3 rings (SSSR count). The first-order valence-corrected chi connectivity index (χ1v) is 7.43. The van der Waals surface area contributed by atoms with Crippen LogP contribution in [0.25, 0.3) is 11.1 Å². The molecule has 4 nitrogen and oxygen atoms in total. The van der Waals surface area contributed by atoms with Crippen molar-refractivity contribution in [1.29, 1.82) is 0 Å². The normalized spacial score (nSPS) is 15.6. The van der Waals surface area contributed by atoms with Crippen molar-refractivity contribution in [3.63, 3.8) is 0 Å². The van der Waals surface area contributed by atoms with Crippen LogP contribution in [0.5, 0.6) is 5.75 Å². The van der Waals surface area contributed by atoms with Crippen molar-refractivity contribution in [2.45, 2.75) is 6.10 Å². The maximum Gasteiger partial charge on any atom is 0.352 e. The molecule has 1 aliphatic heterocycles. The van der Waals surface area contributed by atoms with E-state index in [4.69, 9.17) is 9.47 Å². The highest BCUT2D eigenvalue weighted by atomic mass is 19.1. The highest BCUT2D eigenvalue weighted by molar-refractivity contribution is 5.85. The minimum Gasteiger partial charge on any atom is -0.473 e. The maximum atomic E-state index is 13.7. The number of halogens is 1. The number of carbonyl (C=O) groups is 1. The van der Waals surface area contributed by atoms with Gasteiger partial charge < -0.3 is 14.4 Å². The molecule has 1 heterocycles. The molecule has 120 valence electrons. The molecule has 0 saturated carbocycles. The maximum absolute atomic E-state index is 13.7. The molecule has 23 heavy (non-hydrogen) atoms. The second-order valence-electron chi connectivity index (χ2n) is 5.70. The lowest BCUT2D eigenvalue weighted by Crippen LogP contribution is -2.27. The largest absolute Gasteiger partial charge is 0.473 e. The van der Waals surface area contributed by atoms with Crippen molar-refractivity contribution in [2.24, 2.45) is 0 Å². The van der Waals surface area contributed by atoms with E-state index in [1.54, 1.807) is 12.1 Å². The minimum absolute atomic E-state index is 0.262. The first-order valence-electron chi connectivity index (χ1n) is 7.43. The van der Waals surface area contributed by atoms with Gasteiger partial charge in [0.05, 0.1) is 0 Å². The van der Waals surface area contributed by atoms with E-state index in [0.717, 1.165) is 11.1 Å². The van der Waals surface area contributed by atoms with Crippen molar-refractivity contribution in [2.75, 3.05) is 27.2 Å². The minimum atomic E-state index is -0.947. The third-order valence-corrected chi connectivity index (χ3v) is 3.72. The van der Waals surface area contributed by atoms with E-state index in [1.807, 2.05) is 37.2 Å². The SMILES string of the molecule is CN(C)CCOC(=O)C1Oc2ccccc2-c2ccc(F)cc21. The third kappa shape index (κ3) is 3.19. The standard InChI is InChI=1S/C18H18FNO3/c1-20(2)9-10-22-18(21)17-15-11-12(19)7-8-13(15)14-5-3-4-6-16(14)23-17/h3-8,11,17H,9-10H2,1-2H3. The van der Waals surface area contributed by atoms with Gasteiger partial charge in [-0.05, 0) is 37.9 Å². The van der Waals surface area contributed by atoms with Crippen LogP contribution in [0.2, 0.25) is 0 Å². The van der Waals surface area contributed by atoms with Crippen molar-refractivity contribution in [1.82, 2.24) is 4.90 Å². The van der Waals surface area contributed by atoms with Crippen LogP contribution in [0, 0.1) is 5.82 Å². The number of benzene rings is 2. The lowest BCUT2D eigenvalue weighted by atomic mass is 9.92. The van der Waals surface area contributed by atoms with Crippen molar-refractivity contribution >= 4 is 5.97 Å². The number of ether oxygens (including phenoxy) is 2. The van der Waals surface area contributed by atoms with E-state index < -0.39 is 17.9 Å². The number of carbonyl (C=O) groups excluding carboxylic acids is 1. The molecule has 0 amide bonds. The molecular weight excluding hydrogens is 297 g/mol. The summed E-state index contributed by atoms with van der Waals surface area (Å²) in [6.07, 6.45) is -0.947. The Hall–Kier alpha value is -2.40. The van der Waals surface area contributed by atoms with Crippen LogP contribution < -0.4 is 4.74 Å². The number of hydrogen-bond donors (Lipinski definition) is 0. The van der Waals surface area contributed by atoms with Gasteiger partial charge in [-0.3, -0.25) is 0 Å². The zero-order valence-electron chi connectivity index (χ0n) is 13.1. The summed E-state index contributed by atoms with van der Waals surface area (Å²) in [5, 5.41) is 0. The van der Waals surface area contributed by atoms with Gasteiger partial charge in [0.25, 0.3) is 0 Å². The summed E-state index contributed by atoms with van der Waals surface area (Å²) in [5.41, 5.74) is 2.14. The van der Waals surface area contributed by atoms with E-state index in [1.165, 1.54) is 12.1 Å². The molecule has 5 heteroatoms. The fourth-order valence-corrected chi connectivity index (χ4v) is 2.56. The summed E-state index contributed by atoms with van der Waals surface area (Å²) in [5.74, 6) is -0.313. The predicted molar refractivity (Wildman–Crippen MR) is 84.7 cm³/mol. The predicted octanol–water partition coefficient (Wildman–Crippen LogP) is 3.03. The Bertz CT molecular complexity index is 730. The summed E-state index contributed by atoms with van der Waals surface area (Å²) >= 11 is 0. The fraction of sp³-hybridized carbons (Fsp3) is 0.278. The van der Waals surface area contributed by atoms with Gasteiger partial charge in [0.15, 0.2) is 0 Å². The van der Waals surface area contributed by atoms with E-state index >= 15 is 0 Å². The van der Waals surface area contributed by atoms with E-state index in [9.17, 15) is 9.18 Å². The summed E-state index contributed by atoms with van der Waals surface area (Å²) in [6.45, 7) is 0.878. The van der Waals surface area contributed by atoms with Crippen LogP contribution in [-0.2, 0) is 9.53 Å². The van der Waals surface area contributed by atoms with Crippen LogP contribution in [0.1, 0.15) is 11.7 Å². The molecule has 0 N–H and O–H groups in total. The number of nitrogens with zero attached hydrogens (tertiary/aromatic N) is 1. The topological polar surface area (TPSA) is 38.8 Å². The van der Waals surface area contributed by atoms with Gasteiger partial charge in [0.2, 0.25) is 6.10 Å². The highest BCUT2D eigenvalue weighted by Crippen LogP contribution is 2.42. The molecule has 0 radical (unpaired) electrons. The summed E-state index contributed by atoms with van der Waals surface area (Å²) < 4.78 is 24.7. The fourth-order valence-electron chi connectivity index (χ4n) is 2.56. The Morgan fingerprint density at radius 3 is 2.78 bits per heavy atom. The lowest BCUT2D eigenvalue weighted by molar-refractivity contribution is -0.152. The second-order valence-corrected chi connectivity index (χ2v) is 5.70. The summed E-state index contributed by atoms with van der Waals surface area (Å²) in [6, 6.07) is 11.8. The van der Waals surface area contributed by atoms with Crippen LogP contribution >= 0.6 is 0 Å². The number of para-hydroxylation sites is 1. The number of hydrogen-bond acceptors (Lipinski definition) is 4. The van der Waals surface area contributed by atoms with Crippen LogP contribution in [-0.4, -0.2) is 38.1 Å². The number of esters is 1. The Labute approximate surface area is 134 Å². The van der Waals surface area contributed by atoms with Gasteiger partial charge in [0.1, 0.15) is 18.2 Å². The van der Waals surface area contributed by atoms with Crippen LogP contribution in [0.4, 0.5) is 4.39 Å². The average molecular weight is 315 g/mol. The van der Waals surface area contributed by atoms with Crippen LogP contribution in [0.15, 0.2) is 42.5 Å². The molecule has 0 aliphatic carbocycles. The molecule has 2 aromatic rings. The molecule has 0 saturated heterocycles. The molecule has 0 fully saturated rings. The van der Waals surface area contributed by atoms with Gasteiger partial charge in [-0.2, -0.15) is 0 Å². The first kappa shape index (κ1) is 15.5. The molecule has 1 aliphatic rings. The highest BCUT2D eigenvalue weighted by Gasteiger charge is 2.32. The summed E-state index contributed by atoms with van der Waals surface area (Å²) in [4.78, 5) is 14.3. The van der Waals surface area contributed by atoms with E-state index in [2.05, 4.69) is 0 Å². The van der Waals surface area contributed by atoms with Crippen molar-refractivity contribution < 1.29 is 18.7 Å². The van der Waals surface area contributed by atoms with Gasteiger partial charge in [-0.1, -0.05) is 24.3 Å². The second kappa shape index (κ2) is 6.38. The zero-order chi connectivity index (χ0) is 16.4. The zero-order valence-corrected chi connectivity index (χ0v) is 13.1. The number of fused-ring (bicyclic) bond motifs is 3. The van der Waals surface area contributed by atoms with Gasteiger partial charge >= 0.3 is 5.97 Å². The van der Waals surface area contributed by atoms with Crippen molar-refractivity contribution in [3.05, 3.63) is 53.8 Å². The van der Waals surface area contributed by atoms with Crippen LogP contribution in [0.3, 0.4) is 0 Å². The number of likely N-dealkylation sites (N-methyl/N-ethyl adjacent to an activating group) is 1. The smallest absolute Gasteiger partial charge is 0.352 e. The molecule has 2 aromatic carbocycles. The molecule has 1 atom stereocenters. The first-order chi connectivity index (χ1) is 11.1. The van der Waals surface area contributed by atoms with Gasteiger partial charge in [-0.15, -0.1) is 0 Å². The monoisotopic (exact) mass is 315 g/mol.